The minimum absolute atomic E-state index is 0.0558. The first-order valence-corrected chi connectivity index (χ1v) is 11.6. The number of hydrogen-bond acceptors (Lipinski definition) is 4. The predicted molar refractivity (Wildman–Crippen MR) is 132 cm³/mol. The lowest BCUT2D eigenvalue weighted by Crippen LogP contribution is -2.50. The molecule has 8 heteroatoms. The molecule has 1 saturated heterocycles. The summed E-state index contributed by atoms with van der Waals surface area (Å²) in [5.41, 5.74) is 1.83. The first-order valence-electron chi connectivity index (χ1n) is 11.6. The van der Waals surface area contributed by atoms with E-state index >= 15 is 0 Å². The van der Waals surface area contributed by atoms with E-state index in [2.05, 4.69) is 24.5 Å². The van der Waals surface area contributed by atoms with Gasteiger partial charge in [-0.3, -0.25) is 9.59 Å². The van der Waals surface area contributed by atoms with Gasteiger partial charge in [0, 0.05) is 24.5 Å². The molecule has 34 heavy (non-hydrogen) atoms. The number of nitrogens with zero attached hydrogens (tertiary/aromatic N) is 2. The van der Waals surface area contributed by atoms with Crippen LogP contribution in [0.15, 0.2) is 54.6 Å². The number of carbonyl (C=O) groups excluding carboxylic acids is 3. The van der Waals surface area contributed by atoms with Crippen molar-refractivity contribution in [3.05, 3.63) is 60.2 Å². The number of aliphatic hydroxyl groups excluding tert-OH is 1. The van der Waals surface area contributed by atoms with E-state index < -0.39 is 12.1 Å². The Kier molecular flexibility index (Phi) is 8.28. The molecule has 0 spiro atoms. The normalized spacial score (nSPS) is 15.8. The first kappa shape index (κ1) is 25.2. The Bertz CT molecular complexity index is 1010. The fourth-order valence-corrected chi connectivity index (χ4v) is 4.11. The van der Waals surface area contributed by atoms with E-state index in [9.17, 15) is 19.5 Å². The van der Waals surface area contributed by atoms with Crippen molar-refractivity contribution < 1.29 is 19.5 Å². The van der Waals surface area contributed by atoms with Crippen LogP contribution in [0.4, 0.5) is 16.2 Å². The van der Waals surface area contributed by atoms with Crippen LogP contribution in [0.3, 0.4) is 0 Å². The van der Waals surface area contributed by atoms with Crippen molar-refractivity contribution in [3.8, 4) is 0 Å². The van der Waals surface area contributed by atoms with E-state index in [-0.39, 0.29) is 30.3 Å². The molecule has 3 rings (SSSR count). The molecule has 1 heterocycles. The van der Waals surface area contributed by atoms with Crippen molar-refractivity contribution in [1.82, 2.24) is 10.2 Å². The largest absolute Gasteiger partial charge is 0.389 e. The fraction of sp³-hybridized carbons (Fsp3) is 0.423. The molecule has 4 amide bonds. The van der Waals surface area contributed by atoms with Crippen molar-refractivity contribution in [2.75, 3.05) is 36.4 Å². The molecule has 0 aromatic heterocycles. The Hall–Kier alpha value is -3.39. The number of piperidine rings is 1. The number of carbonyl (C=O) groups is 3. The van der Waals surface area contributed by atoms with Crippen LogP contribution >= 0.6 is 0 Å². The second kappa shape index (κ2) is 11.2. The number of amides is 4. The van der Waals surface area contributed by atoms with Gasteiger partial charge in [0.1, 0.15) is 6.54 Å². The second-order valence-corrected chi connectivity index (χ2v) is 9.51. The first-order chi connectivity index (χ1) is 16.1. The Morgan fingerprint density at radius 3 is 2.53 bits per heavy atom. The van der Waals surface area contributed by atoms with E-state index in [0.29, 0.717) is 30.0 Å². The molecule has 1 atom stereocenters. The molecule has 0 radical (unpaired) electrons. The summed E-state index contributed by atoms with van der Waals surface area (Å²) >= 11 is 0. The second-order valence-electron chi connectivity index (χ2n) is 9.51. The van der Waals surface area contributed by atoms with Gasteiger partial charge in [-0.1, -0.05) is 44.2 Å². The van der Waals surface area contributed by atoms with Gasteiger partial charge >= 0.3 is 6.03 Å². The summed E-state index contributed by atoms with van der Waals surface area (Å²) in [6.45, 7) is 6.93. The van der Waals surface area contributed by atoms with Gasteiger partial charge in [0.25, 0.3) is 0 Å². The van der Waals surface area contributed by atoms with Crippen LogP contribution in [0.25, 0.3) is 0 Å². The van der Waals surface area contributed by atoms with Crippen LogP contribution in [-0.2, 0) is 9.59 Å². The number of hydrogen-bond donors (Lipinski definition) is 3. The Balaban J connectivity index is 1.63. The maximum absolute atomic E-state index is 13.1. The Morgan fingerprint density at radius 2 is 1.85 bits per heavy atom. The molecule has 2 aromatic rings. The Morgan fingerprint density at radius 1 is 1.12 bits per heavy atom. The lowest BCUT2D eigenvalue weighted by molar-refractivity contribution is -0.134. The minimum Gasteiger partial charge on any atom is -0.389 e. The summed E-state index contributed by atoms with van der Waals surface area (Å²) in [7, 11) is 0. The summed E-state index contributed by atoms with van der Waals surface area (Å²) in [4.78, 5) is 41.7. The van der Waals surface area contributed by atoms with Gasteiger partial charge in [-0.25, -0.2) is 4.79 Å². The van der Waals surface area contributed by atoms with E-state index in [1.54, 1.807) is 55.5 Å². The van der Waals surface area contributed by atoms with Crippen molar-refractivity contribution in [2.24, 2.45) is 5.41 Å². The van der Waals surface area contributed by atoms with E-state index in [0.717, 1.165) is 12.8 Å². The third-order valence-corrected chi connectivity index (χ3v) is 5.94. The number of nitrogens with one attached hydrogen (secondary N) is 2. The highest BCUT2D eigenvalue weighted by Gasteiger charge is 2.30. The molecule has 1 aliphatic heterocycles. The molecule has 2 aromatic carbocycles. The lowest BCUT2D eigenvalue weighted by Gasteiger charge is -2.39. The topological polar surface area (TPSA) is 102 Å². The van der Waals surface area contributed by atoms with Crippen LogP contribution in [0.2, 0.25) is 0 Å². The number of para-hydroxylation sites is 1. The zero-order valence-electron chi connectivity index (χ0n) is 20.1. The smallest absolute Gasteiger partial charge is 0.319 e. The molecule has 1 unspecified atom stereocenters. The number of benzene rings is 2. The summed E-state index contributed by atoms with van der Waals surface area (Å²) in [5.74, 6) is -0.493. The summed E-state index contributed by atoms with van der Waals surface area (Å²) in [6, 6.07) is 15.3. The van der Waals surface area contributed by atoms with Crippen LogP contribution in [0, 0.1) is 5.41 Å². The van der Waals surface area contributed by atoms with E-state index in [1.165, 1.54) is 4.90 Å². The maximum atomic E-state index is 13.1. The number of likely N-dealkylation sites (tertiary alicyclic amines) is 1. The lowest BCUT2D eigenvalue weighted by atomic mass is 9.84. The van der Waals surface area contributed by atoms with Gasteiger partial charge in [-0.2, -0.15) is 0 Å². The van der Waals surface area contributed by atoms with Gasteiger partial charge in [-0.05, 0) is 55.0 Å². The highest BCUT2D eigenvalue weighted by Crippen LogP contribution is 2.28. The molecule has 0 aliphatic carbocycles. The average Bonchev–Trinajstić information content (AvgIpc) is 2.81. The van der Waals surface area contributed by atoms with Crippen LogP contribution in [0.5, 0.6) is 0 Å². The van der Waals surface area contributed by atoms with Gasteiger partial charge < -0.3 is 25.5 Å². The summed E-state index contributed by atoms with van der Waals surface area (Å²) in [5, 5.41) is 14.9. The average molecular weight is 467 g/mol. The van der Waals surface area contributed by atoms with Gasteiger partial charge in [0.2, 0.25) is 11.8 Å². The number of urea groups is 1. The molecule has 8 nitrogen and oxygen atoms in total. The molecule has 3 N–H and O–H groups in total. The standard InChI is InChI=1S/C26H34N4O4/c1-19(31)20-9-7-10-21(15-20)28-25(34)27-16-23(32)30(22-11-5-4-6-12-22)17-24(33)29-14-8-13-26(2,3)18-29/h4-7,9-12,15,19,31H,8,13-14,16-18H2,1-3H3,(H2,27,28,34). The van der Waals surface area contributed by atoms with Gasteiger partial charge in [-0.15, -0.1) is 0 Å². The van der Waals surface area contributed by atoms with Crippen LogP contribution < -0.4 is 15.5 Å². The molecule has 182 valence electrons. The predicted octanol–water partition coefficient (Wildman–Crippen LogP) is 3.54. The summed E-state index contributed by atoms with van der Waals surface area (Å²) < 4.78 is 0. The molecular formula is C26H34N4O4. The fourth-order valence-electron chi connectivity index (χ4n) is 4.11. The third kappa shape index (κ3) is 7.05. The van der Waals surface area contributed by atoms with Gasteiger partial charge in [0.05, 0.1) is 12.6 Å². The van der Waals surface area contributed by atoms with Crippen LogP contribution in [0.1, 0.15) is 45.3 Å². The quantitative estimate of drug-likeness (QED) is 0.581. The molecular weight excluding hydrogens is 432 g/mol. The van der Waals surface area contributed by atoms with E-state index in [4.69, 9.17) is 0 Å². The number of rotatable bonds is 7. The zero-order valence-corrected chi connectivity index (χ0v) is 20.1. The van der Waals surface area contributed by atoms with Gasteiger partial charge in [0.15, 0.2) is 0 Å². The maximum Gasteiger partial charge on any atom is 0.319 e. The number of anilines is 2. The van der Waals surface area contributed by atoms with Crippen molar-refractivity contribution >= 4 is 29.2 Å². The molecule has 1 fully saturated rings. The molecule has 0 saturated carbocycles. The molecule has 1 aliphatic rings. The summed E-state index contributed by atoms with van der Waals surface area (Å²) in [6.07, 6.45) is 1.35. The van der Waals surface area contributed by atoms with Crippen LogP contribution in [-0.4, -0.2) is 54.0 Å². The van der Waals surface area contributed by atoms with E-state index in [1.807, 2.05) is 11.0 Å². The van der Waals surface area contributed by atoms with Crippen molar-refractivity contribution in [2.45, 2.75) is 39.7 Å². The molecule has 0 bridgehead atoms. The third-order valence-electron chi connectivity index (χ3n) is 5.94. The highest BCUT2D eigenvalue weighted by molar-refractivity contribution is 6.01. The SMILES string of the molecule is CC(O)c1cccc(NC(=O)NCC(=O)N(CC(=O)N2CCCC(C)(C)C2)c2ccccc2)c1. The number of aliphatic hydroxyl groups is 1. The minimum atomic E-state index is -0.658. The van der Waals surface area contributed by atoms with Crippen molar-refractivity contribution in [3.63, 3.8) is 0 Å². The highest BCUT2D eigenvalue weighted by atomic mass is 16.3. The van der Waals surface area contributed by atoms with Crippen molar-refractivity contribution in [1.29, 1.82) is 0 Å². The Labute approximate surface area is 200 Å². The monoisotopic (exact) mass is 466 g/mol. The zero-order chi connectivity index (χ0) is 24.7.